The summed E-state index contributed by atoms with van der Waals surface area (Å²) in [6, 6.07) is 5.82. The molecule has 1 aromatic carbocycles. The minimum atomic E-state index is -1.11. The number of benzene rings is 1. The maximum Gasteiger partial charge on any atom is 0.0483 e. The van der Waals surface area contributed by atoms with Gasteiger partial charge in [0.05, 0.1) is 0 Å². The van der Waals surface area contributed by atoms with Crippen molar-refractivity contribution in [3.05, 3.63) is 52.6 Å². The third kappa shape index (κ3) is 2.98. The predicted octanol–water partition coefficient (Wildman–Crippen LogP) is 6.38. The summed E-state index contributed by atoms with van der Waals surface area (Å²) in [5, 5.41) is 0. The highest BCUT2D eigenvalue weighted by Crippen LogP contribution is 2.46. The summed E-state index contributed by atoms with van der Waals surface area (Å²) in [5.41, 5.74) is 7.15. The van der Waals surface area contributed by atoms with Crippen LogP contribution in [0.1, 0.15) is 43.0 Å². The predicted molar refractivity (Wildman–Crippen MR) is 100 cm³/mol. The van der Waals surface area contributed by atoms with E-state index in [1.807, 2.05) is 6.08 Å². The van der Waals surface area contributed by atoms with Crippen molar-refractivity contribution in [1.29, 1.82) is 0 Å². The van der Waals surface area contributed by atoms with Crippen LogP contribution in [0.15, 0.2) is 30.4 Å². The Hall–Kier alpha value is -1.34. The van der Waals surface area contributed by atoms with Gasteiger partial charge in [-0.2, -0.15) is 0 Å². The van der Waals surface area contributed by atoms with E-state index in [2.05, 4.69) is 77.4 Å². The zero-order valence-electron chi connectivity index (χ0n) is 14.4. The second-order valence-corrected chi connectivity index (χ2v) is 13.2. The lowest BCUT2D eigenvalue weighted by molar-refractivity contribution is 0.637. The van der Waals surface area contributed by atoms with Gasteiger partial charge < -0.3 is 0 Å². The standard InChI is InChI=1S/C20H28Si/c1-8-10-15-11-12-19-18(17(15)9-2)13-16(20(19,3)4)14-21(5,6)7/h8-13H,2,14H2,1,3-7H3/b10-8+. The summed E-state index contributed by atoms with van der Waals surface area (Å²) >= 11 is 0. The van der Waals surface area contributed by atoms with Crippen LogP contribution in [0.2, 0.25) is 25.7 Å². The lowest BCUT2D eigenvalue weighted by Gasteiger charge is -2.29. The maximum atomic E-state index is 4.04. The zero-order chi connectivity index (χ0) is 15.8. The van der Waals surface area contributed by atoms with Gasteiger partial charge in [0.15, 0.2) is 0 Å². The highest BCUT2D eigenvalue weighted by Gasteiger charge is 2.35. The van der Waals surface area contributed by atoms with E-state index in [-0.39, 0.29) is 5.41 Å². The molecule has 0 heterocycles. The molecule has 1 aliphatic rings. The van der Waals surface area contributed by atoms with Gasteiger partial charge in [-0.15, -0.1) is 0 Å². The van der Waals surface area contributed by atoms with Crippen molar-refractivity contribution in [2.45, 2.75) is 51.9 Å². The summed E-state index contributed by atoms with van der Waals surface area (Å²) in [6.45, 7) is 18.2. The topological polar surface area (TPSA) is 0 Å². The molecular weight excluding hydrogens is 268 g/mol. The summed E-state index contributed by atoms with van der Waals surface area (Å²) < 4.78 is 0. The summed E-state index contributed by atoms with van der Waals surface area (Å²) in [7, 11) is -1.11. The van der Waals surface area contributed by atoms with Gasteiger partial charge in [-0.05, 0) is 35.2 Å². The van der Waals surface area contributed by atoms with Gasteiger partial charge >= 0.3 is 0 Å². The Labute approximate surface area is 131 Å². The van der Waals surface area contributed by atoms with Crippen LogP contribution in [-0.2, 0) is 5.41 Å². The molecule has 0 spiro atoms. The quantitative estimate of drug-likeness (QED) is 0.566. The van der Waals surface area contributed by atoms with Crippen LogP contribution in [0.3, 0.4) is 0 Å². The molecule has 0 bridgehead atoms. The minimum absolute atomic E-state index is 0.155. The second-order valence-electron chi connectivity index (χ2n) is 7.77. The van der Waals surface area contributed by atoms with Crippen molar-refractivity contribution in [1.82, 2.24) is 0 Å². The van der Waals surface area contributed by atoms with Crippen molar-refractivity contribution >= 4 is 26.3 Å². The van der Waals surface area contributed by atoms with Crippen molar-refractivity contribution in [3.8, 4) is 0 Å². The Morgan fingerprint density at radius 3 is 2.38 bits per heavy atom. The van der Waals surface area contributed by atoms with E-state index in [0.717, 1.165) is 0 Å². The third-order valence-corrected chi connectivity index (χ3v) is 5.83. The highest BCUT2D eigenvalue weighted by molar-refractivity contribution is 6.76. The number of rotatable bonds is 4. The molecule has 0 aliphatic heterocycles. The first kappa shape index (κ1) is 16.0. The van der Waals surface area contributed by atoms with Gasteiger partial charge in [0.25, 0.3) is 0 Å². The normalized spacial score (nSPS) is 17.0. The lowest BCUT2D eigenvalue weighted by atomic mass is 9.81. The Morgan fingerprint density at radius 2 is 1.86 bits per heavy atom. The first-order valence-corrected chi connectivity index (χ1v) is 11.5. The molecule has 0 saturated carbocycles. The van der Waals surface area contributed by atoms with Crippen LogP contribution in [0.25, 0.3) is 18.2 Å². The Kier molecular flexibility index (Phi) is 4.16. The zero-order valence-corrected chi connectivity index (χ0v) is 15.4. The van der Waals surface area contributed by atoms with Crippen molar-refractivity contribution < 1.29 is 0 Å². The van der Waals surface area contributed by atoms with Gasteiger partial charge in [0.1, 0.15) is 0 Å². The van der Waals surface area contributed by atoms with Crippen LogP contribution in [0.5, 0.6) is 0 Å². The summed E-state index contributed by atoms with van der Waals surface area (Å²) in [5.74, 6) is 0. The van der Waals surface area contributed by atoms with E-state index < -0.39 is 8.07 Å². The molecule has 0 radical (unpaired) electrons. The minimum Gasteiger partial charge on any atom is -0.0984 e. The highest BCUT2D eigenvalue weighted by atomic mass is 28.3. The molecule has 0 N–H and O–H groups in total. The van der Waals surface area contributed by atoms with Crippen molar-refractivity contribution in [2.75, 3.05) is 0 Å². The molecule has 0 saturated heterocycles. The van der Waals surface area contributed by atoms with Crippen LogP contribution < -0.4 is 0 Å². The van der Waals surface area contributed by atoms with E-state index in [0.29, 0.717) is 0 Å². The SMILES string of the molecule is C=Cc1c(/C=C/C)ccc2c1C=C(C[Si](C)(C)C)C2(C)C. The summed E-state index contributed by atoms with van der Waals surface area (Å²) in [6.07, 6.45) is 8.73. The summed E-state index contributed by atoms with van der Waals surface area (Å²) in [4.78, 5) is 0. The average Bonchev–Trinajstić information content (AvgIpc) is 2.59. The van der Waals surface area contributed by atoms with E-state index in [4.69, 9.17) is 0 Å². The van der Waals surface area contributed by atoms with E-state index >= 15 is 0 Å². The Bertz CT molecular complexity index is 622. The molecule has 0 fully saturated rings. The largest absolute Gasteiger partial charge is 0.0984 e. The lowest BCUT2D eigenvalue weighted by Crippen LogP contribution is -2.26. The molecule has 0 nitrogen and oxygen atoms in total. The van der Waals surface area contributed by atoms with Crippen LogP contribution in [0.4, 0.5) is 0 Å². The van der Waals surface area contributed by atoms with E-state index in [1.54, 1.807) is 5.57 Å². The van der Waals surface area contributed by atoms with Crippen LogP contribution in [-0.4, -0.2) is 8.07 Å². The van der Waals surface area contributed by atoms with E-state index in [9.17, 15) is 0 Å². The molecule has 2 rings (SSSR count). The molecule has 21 heavy (non-hydrogen) atoms. The monoisotopic (exact) mass is 296 g/mol. The van der Waals surface area contributed by atoms with Crippen molar-refractivity contribution in [2.24, 2.45) is 0 Å². The molecular formula is C20H28Si. The molecule has 0 atom stereocenters. The van der Waals surface area contributed by atoms with Gasteiger partial charge in [0.2, 0.25) is 0 Å². The van der Waals surface area contributed by atoms with E-state index in [1.165, 1.54) is 28.3 Å². The molecule has 0 unspecified atom stereocenters. The van der Waals surface area contributed by atoms with Gasteiger partial charge in [-0.3, -0.25) is 0 Å². The fraction of sp³-hybridized carbons (Fsp3) is 0.400. The first-order chi connectivity index (χ1) is 9.70. The van der Waals surface area contributed by atoms with Crippen LogP contribution in [0, 0.1) is 0 Å². The first-order valence-electron chi connectivity index (χ1n) is 7.84. The second kappa shape index (κ2) is 5.45. The molecule has 112 valence electrons. The van der Waals surface area contributed by atoms with Crippen molar-refractivity contribution in [3.63, 3.8) is 0 Å². The molecule has 0 aromatic heterocycles. The third-order valence-electron chi connectivity index (χ3n) is 4.39. The molecule has 1 aliphatic carbocycles. The number of hydrogen-bond donors (Lipinski definition) is 0. The van der Waals surface area contributed by atoms with Gasteiger partial charge in [-0.1, -0.05) is 82.1 Å². The molecule has 1 heteroatoms. The Morgan fingerprint density at radius 1 is 1.19 bits per heavy atom. The molecule has 1 aromatic rings. The van der Waals surface area contributed by atoms with Gasteiger partial charge in [0, 0.05) is 13.5 Å². The fourth-order valence-electron chi connectivity index (χ4n) is 3.28. The number of fused-ring (bicyclic) bond motifs is 1. The average molecular weight is 297 g/mol. The van der Waals surface area contributed by atoms with Crippen LogP contribution >= 0.6 is 0 Å². The Balaban J connectivity index is 2.61. The number of hydrogen-bond acceptors (Lipinski definition) is 0. The number of allylic oxidation sites excluding steroid dienone is 2. The smallest absolute Gasteiger partial charge is 0.0483 e. The maximum absolute atomic E-state index is 4.04. The molecule has 0 amide bonds. The fourth-order valence-corrected chi connectivity index (χ4v) is 4.96. The van der Waals surface area contributed by atoms with Gasteiger partial charge in [-0.25, -0.2) is 0 Å².